The van der Waals surface area contributed by atoms with E-state index in [-0.39, 0.29) is 0 Å². The van der Waals surface area contributed by atoms with E-state index in [9.17, 15) is 0 Å². The summed E-state index contributed by atoms with van der Waals surface area (Å²) in [5.41, 5.74) is 3.17. The van der Waals surface area contributed by atoms with Gasteiger partial charge >= 0.3 is 0 Å². The second kappa shape index (κ2) is 6.20. The average molecular weight is 231 g/mol. The molecular weight excluding hydrogens is 206 g/mol. The van der Waals surface area contributed by atoms with Crippen molar-refractivity contribution in [3.05, 3.63) is 35.4 Å². The van der Waals surface area contributed by atoms with Crippen LogP contribution >= 0.6 is 0 Å². The molecule has 2 atom stereocenters. The zero-order valence-electron chi connectivity index (χ0n) is 11.2. The normalized spacial score (nSPS) is 20.9. The van der Waals surface area contributed by atoms with Gasteiger partial charge in [0.05, 0.1) is 0 Å². The van der Waals surface area contributed by atoms with E-state index in [1.165, 1.54) is 32.1 Å². The van der Waals surface area contributed by atoms with E-state index in [2.05, 4.69) is 43.4 Å². The van der Waals surface area contributed by atoms with Gasteiger partial charge in [0.1, 0.15) is 0 Å². The topological polar surface area (TPSA) is 12.0 Å². The summed E-state index contributed by atoms with van der Waals surface area (Å²) in [6.45, 7) is 5.71. The molecule has 0 saturated heterocycles. The molecule has 0 amide bonds. The molecule has 1 heteroatoms. The fourth-order valence-electron chi connectivity index (χ4n) is 2.95. The maximum atomic E-state index is 3.69. The standard InChI is InChI=1S/C16H25N/c1-3-7-13(2)17-12-15-10-6-9-14-8-4-5-11-16(14)15/h4-5,8,11,13,15,17H,3,6-7,9-10,12H2,1-2H3. The van der Waals surface area contributed by atoms with Gasteiger partial charge in [-0.3, -0.25) is 0 Å². The van der Waals surface area contributed by atoms with E-state index in [0.29, 0.717) is 6.04 Å². The quantitative estimate of drug-likeness (QED) is 0.811. The van der Waals surface area contributed by atoms with Gasteiger partial charge in [0.15, 0.2) is 0 Å². The van der Waals surface area contributed by atoms with Crippen LogP contribution in [0.5, 0.6) is 0 Å². The largest absolute Gasteiger partial charge is 0.314 e. The van der Waals surface area contributed by atoms with E-state index in [1.807, 2.05) is 0 Å². The Morgan fingerprint density at radius 1 is 1.35 bits per heavy atom. The number of fused-ring (bicyclic) bond motifs is 1. The SMILES string of the molecule is CCCC(C)NCC1CCCc2ccccc21. The summed E-state index contributed by atoms with van der Waals surface area (Å²) in [5.74, 6) is 0.735. The van der Waals surface area contributed by atoms with E-state index in [4.69, 9.17) is 0 Å². The van der Waals surface area contributed by atoms with Crippen molar-refractivity contribution in [2.45, 2.75) is 57.9 Å². The number of hydrogen-bond acceptors (Lipinski definition) is 1. The first kappa shape index (κ1) is 12.6. The number of aryl methyl sites for hydroxylation is 1. The summed E-state index contributed by atoms with van der Waals surface area (Å²) < 4.78 is 0. The van der Waals surface area contributed by atoms with E-state index >= 15 is 0 Å². The molecule has 2 rings (SSSR count). The van der Waals surface area contributed by atoms with Crippen molar-refractivity contribution in [3.8, 4) is 0 Å². The molecule has 0 saturated carbocycles. The smallest absolute Gasteiger partial charge is 0.00388 e. The van der Waals surface area contributed by atoms with Crippen molar-refractivity contribution in [1.82, 2.24) is 5.32 Å². The van der Waals surface area contributed by atoms with Crippen molar-refractivity contribution in [2.24, 2.45) is 0 Å². The number of benzene rings is 1. The van der Waals surface area contributed by atoms with Crippen LogP contribution in [0.1, 0.15) is 56.6 Å². The van der Waals surface area contributed by atoms with Crippen LogP contribution in [0.3, 0.4) is 0 Å². The molecule has 0 fully saturated rings. The molecule has 0 bridgehead atoms. The maximum absolute atomic E-state index is 3.69. The van der Waals surface area contributed by atoms with Gasteiger partial charge in [0, 0.05) is 12.6 Å². The van der Waals surface area contributed by atoms with Gasteiger partial charge in [-0.25, -0.2) is 0 Å². The molecule has 1 nitrogen and oxygen atoms in total. The molecule has 1 aromatic carbocycles. The van der Waals surface area contributed by atoms with Crippen molar-refractivity contribution in [1.29, 1.82) is 0 Å². The highest BCUT2D eigenvalue weighted by molar-refractivity contribution is 5.32. The predicted octanol–water partition coefficient (Wildman–Crippen LogP) is 3.88. The predicted molar refractivity (Wildman–Crippen MR) is 74.5 cm³/mol. The molecule has 0 spiro atoms. The van der Waals surface area contributed by atoms with Crippen LogP contribution in [0.2, 0.25) is 0 Å². The fourth-order valence-corrected chi connectivity index (χ4v) is 2.95. The Morgan fingerprint density at radius 2 is 2.18 bits per heavy atom. The van der Waals surface area contributed by atoms with Crippen LogP contribution < -0.4 is 5.32 Å². The molecule has 17 heavy (non-hydrogen) atoms. The Morgan fingerprint density at radius 3 is 3.00 bits per heavy atom. The monoisotopic (exact) mass is 231 g/mol. The minimum Gasteiger partial charge on any atom is -0.314 e. The average Bonchev–Trinajstić information content (AvgIpc) is 2.36. The Hall–Kier alpha value is -0.820. The summed E-state index contributed by atoms with van der Waals surface area (Å²) in [5, 5.41) is 3.69. The van der Waals surface area contributed by atoms with Gasteiger partial charge in [0.2, 0.25) is 0 Å². The van der Waals surface area contributed by atoms with Crippen LogP contribution in [0.4, 0.5) is 0 Å². The van der Waals surface area contributed by atoms with E-state index in [0.717, 1.165) is 12.5 Å². The van der Waals surface area contributed by atoms with Crippen molar-refractivity contribution in [3.63, 3.8) is 0 Å². The summed E-state index contributed by atoms with van der Waals surface area (Å²) in [4.78, 5) is 0. The zero-order valence-corrected chi connectivity index (χ0v) is 11.2. The zero-order chi connectivity index (χ0) is 12.1. The van der Waals surface area contributed by atoms with E-state index < -0.39 is 0 Å². The molecule has 0 aliphatic heterocycles. The van der Waals surface area contributed by atoms with Crippen LogP contribution in [0, 0.1) is 0 Å². The molecule has 2 unspecified atom stereocenters. The minimum absolute atomic E-state index is 0.661. The molecule has 1 N–H and O–H groups in total. The fraction of sp³-hybridized carbons (Fsp3) is 0.625. The third kappa shape index (κ3) is 3.32. The Bertz CT molecular complexity index is 345. The molecule has 1 aliphatic carbocycles. The summed E-state index contributed by atoms with van der Waals surface area (Å²) >= 11 is 0. The summed E-state index contributed by atoms with van der Waals surface area (Å²) in [6.07, 6.45) is 6.54. The molecule has 94 valence electrons. The first-order valence-electron chi connectivity index (χ1n) is 7.12. The number of hydrogen-bond donors (Lipinski definition) is 1. The van der Waals surface area contributed by atoms with Gasteiger partial charge in [0.25, 0.3) is 0 Å². The molecule has 0 radical (unpaired) electrons. The molecule has 1 aliphatic rings. The summed E-state index contributed by atoms with van der Waals surface area (Å²) in [7, 11) is 0. The molecular formula is C16H25N. The van der Waals surface area contributed by atoms with Crippen LogP contribution in [-0.4, -0.2) is 12.6 Å². The highest BCUT2D eigenvalue weighted by Crippen LogP contribution is 2.30. The summed E-state index contributed by atoms with van der Waals surface area (Å²) in [6, 6.07) is 9.65. The van der Waals surface area contributed by atoms with Gasteiger partial charge < -0.3 is 5.32 Å². The third-order valence-electron chi connectivity index (χ3n) is 3.93. The molecule has 0 aromatic heterocycles. The van der Waals surface area contributed by atoms with Gasteiger partial charge in [-0.2, -0.15) is 0 Å². The van der Waals surface area contributed by atoms with Crippen LogP contribution in [0.25, 0.3) is 0 Å². The first-order chi connectivity index (χ1) is 8.31. The van der Waals surface area contributed by atoms with Crippen molar-refractivity contribution >= 4 is 0 Å². The van der Waals surface area contributed by atoms with E-state index in [1.54, 1.807) is 11.1 Å². The Labute approximate surface area is 106 Å². The lowest BCUT2D eigenvalue weighted by atomic mass is 9.83. The number of rotatable bonds is 5. The number of nitrogens with one attached hydrogen (secondary N) is 1. The first-order valence-corrected chi connectivity index (χ1v) is 7.12. The second-order valence-corrected chi connectivity index (χ2v) is 5.39. The van der Waals surface area contributed by atoms with Crippen LogP contribution in [0.15, 0.2) is 24.3 Å². The van der Waals surface area contributed by atoms with Gasteiger partial charge in [-0.15, -0.1) is 0 Å². The molecule has 1 aromatic rings. The minimum atomic E-state index is 0.661. The second-order valence-electron chi connectivity index (χ2n) is 5.39. The van der Waals surface area contributed by atoms with Gasteiger partial charge in [-0.1, -0.05) is 37.6 Å². The lowest BCUT2D eigenvalue weighted by molar-refractivity contribution is 0.448. The highest BCUT2D eigenvalue weighted by atomic mass is 14.9. The lowest BCUT2D eigenvalue weighted by Gasteiger charge is -2.27. The van der Waals surface area contributed by atoms with Crippen LogP contribution in [-0.2, 0) is 6.42 Å². The van der Waals surface area contributed by atoms with Crippen molar-refractivity contribution in [2.75, 3.05) is 6.54 Å². The van der Waals surface area contributed by atoms with Gasteiger partial charge in [-0.05, 0) is 49.7 Å². The Balaban J connectivity index is 1.94. The van der Waals surface area contributed by atoms with Crippen molar-refractivity contribution < 1.29 is 0 Å². The highest BCUT2D eigenvalue weighted by Gasteiger charge is 2.19. The Kier molecular flexibility index (Phi) is 4.61. The lowest BCUT2D eigenvalue weighted by Crippen LogP contribution is -2.31. The maximum Gasteiger partial charge on any atom is 0.00388 e. The third-order valence-corrected chi connectivity index (χ3v) is 3.93. The molecule has 0 heterocycles.